The number of hydrogen-bond donors (Lipinski definition) is 4. The first kappa shape index (κ1) is 15.9. The number of benzene rings is 1. The van der Waals surface area contributed by atoms with E-state index in [1.807, 2.05) is 0 Å². The number of nitrogens with two attached hydrogens (primary N) is 1. The molecule has 0 saturated heterocycles. The van der Waals surface area contributed by atoms with E-state index in [9.17, 15) is 9.90 Å². The van der Waals surface area contributed by atoms with E-state index in [1.54, 1.807) is 30.3 Å². The third kappa shape index (κ3) is 2.91. The molecule has 0 unspecified atom stereocenters. The Balaban J connectivity index is 1.94. The van der Waals surface area contributed by atoms with Gasteiger partial charge in [0.1, 0.15) is 11.5 Å². The van der Waals surface area contributed by atoms with Crippen molar-refractivity contribution in [2.75, 3.05) is 5.73 Å². The Labute approximate surface area is 150 Å². The standard InChI is InChI=1S/C16H12ClN7O2/c17-9-2-1-3-10(5-9)20-13-6-12(18)24-14(22-13)8(7-19-24)4-11-15(25)23-16(26)21-11/h1-7,25H,18H2,(H2,21,23,26)/b8-4+,20-13?. The second kappa shape index (κ2) is 6.05. The quantitative estimate of drug-likeness (QED) is 0.407. The van der Waals surface area contributed by atoms with E-state index >= 15 is 0 Å². The van der Waals surface area contributed by atoms with Gasteiger partial charge in [-0.25, -0.2) is 14.8 Å². The van der Waals surface area contributed by atoms with Crippen LogP contribution >= 0.6 is 11.6 Å². The summed E-state index contributed by atoms with van der Waals surface area (Å²) in [5, 5.41) is 15.0. The van der Waals surface area contributed by atoms with Gasteiger partial charge in [-0.2, -0.15) is 9.61 Å². The lowest BCUT2D eigenvalue weighted by molar-refractivity contribution is 0.454. The summed E-state index contributed by atoms with van der Waals surface area (Å²) in [6, 6.07) is 8.61. The summed E-state index contributed by atoms with van der Waals surface area (Å²) in [6.07, 6.45) is 3.05. The Hall–Kier alpha value is -3.59. The van der Waals surface area contributed by atoms with E-state index in [-0.39, 0.29) is 11.6 Å². The molecule has 26 heavy (non-hydrogen) atoms. The van der Waals surface area contributed by atoms with Crippen molar-refractivity contribution in [3.05, 3.63) is 68.4 Å². The molecule has 0 spiro atoms. The first-order valence-corrected chi connectivity index (χ1v) is 7.85. The third-order valence-electron chi connectivity index (χ3n) is 3.60. The minimum absolute atomic E-state index is 0.211. The molecule has 4 rings (SSSR count). The molecule has 10 heteroatoms. The second-order valence-corrected chi connectivity index (χ2v) is 5.89. The van der Waals surface area contributed by atoms with Gasteiger partial charge in [0.05, 0.1) is 11.9 Å². The maximum Gasteiger partial charge on any atom is 0.326 e. The molecule has 0 aliphatic rings. The van der Waals surface area contributed by atoms with Gasteiger partial charge >= 0.3 is 5.69 Å². The van der Waals surface area contributed by atoms with Crippen molar-refractivity contribution in [2.45, 2.75) is 0 Å². The minimum atomic E-state index is -0.519. The van der Waals surface area contributed by atoms with E-state index < -0.39 is 5.69 Å². The highest BCUT2D eigenvalue weighted by molar-refractivity contribution is 6.30. The topological polar surface area (TPSA) is 137 Å². The molecule has 3 heterocycles. The molecule has 9 nitrogen and oxygen atoms in total. The number of nitrogen functional groups attached to an aromatic ring is 1. The number of H-pyrrole nitrogens is 2. The predicted molar refractivity (Wildman–Crippen MR) is 95.9 cm³/mol. The van der Waals surface area contributed by atoms with Crippen molar-refractivity contribution < 1.29 is 5.11 Å². The lowest BCUT2D eigenvalue weighted by Gasteiger charge is -1.99. The van der Waals surface area contributed by atoms with Crippen LogP contribution in [0.4, 0.5) is 11.5 Å². The molecule has 0 atom stereocenters. The molecule has 0 aliphatic carbocycles. The lowest BCUT2D eigenvalue weighted by Crippen LogP contribution is -2.16. The number of halogens is 1. The molecular formula is C16H12ClN7O2. The van der Waals surface area contributed by atoms with Crippen LogP contribution in [-0.4, -0.2) is 29.7 Å². The average molecular weight is 370 g/mol. The molecule has 0 amide bonds. The molecule has 0 radical (unpaired) electrons. The van der Waals surface area contributed by atoms with Crippen molar-refractivity contribution in [2.24, 2.45) is 4.99 Å². The Kier molecular flexibility index (Phi) is 3.70. The van der Waals surface area contributed by atoms with Gasteiger partial charge in [-0.05, 0) is 24.3 Å². The molecule has 4 aromatic rings. The number of aromatic hydroxyl groups is 1. The van der Waals surface area contributed by atoms with Gasteiger partial charge in [0, 0.05) is 16.3 Å². The molecule has 3 aromatic heterocycles. The number of nitrogens with zero attached hydrogens (tertiary/aromatic N) is 4. The van der Waals surface area contributed by atoms with Crippen LogP contribution in [-0.2, 0) is 0 Å². The van der Waals surface area contributed by atoms with E-state index in [1.165, 1.54) is 16.8 Å². The molecule has 130 valence electrons. The van der Waals surface area contributed by atoms with Crippen molar-refractivity contribution in [1.82, 2.24) is 24.6 Å². The van der Waals surface area contributed by atoms with Crippen LogP contribution in [0.15, 0.2) is 46.3 Å². The lowest BCUT2D eigenvalue weighted by atomic mass is 10.3. The van der Waals surface area contributed by atoms with Gasteiger partial charge in [0.2, 0.25) is 5.88 Å². The van der Waals surface area contributed by atoms with Crippen LogP contribution < -0.4 is 22.1 Å². The summed E-state index contributed by atoms with van der Waals surface area (Å²) in [5.74, 6) is 0.0595. The normalized spacial score (nSPS) is 13.0. The largest absolute Gasteiger partial charge is 0.493 e. The van der Waals surface area contributed by atoms with Gasteiger partial charge in [0.25, 0.3) is 0 Å². The highest BCUT2D eigenvalue weighted by atomic mass is 35.5. The Morgan fingerprint density at radius 1 is 1.31 bits per heavy atom. The first-order valence-electron chi connectivity index (χ1n) is 7.47. The Morgan fingerprint density at radius 2 is 2.15 bits per heavy atom. The predicted octanol–water partition coefficient (Wildman–Crippen LogP) is 0.467. The van der Waals surface area contributed by atoms with Crippen molar-refractivity contribution >= 4 is 34.8 Å². The monoisotopic (exact) mass is 369 g/mol. The molecule has 0 fully saturated rings. The number of hydrogen-bond acceptors (Lipinski definition) is 6. The summed E-state index contributed by atoms with van der Waals surface area (Å²) < 4.78 is 1.44. The van der Waals surface area contributed by atoms with Gasteiger partial charge in [0.15, 0.2) is 11.1 Å². The maximum absolute atomic E-state index is 11.3. The molecule has 1 aromatic carbocycles. The van der Waals surface area contributed by atoms with Crippen molar-refractivity contribution in [1.29, 1.82) is 0 Å². The molecule has 0 aliphatic heterocycles. The molecular weight excluding hydrogens is 358 g/mol. The fraction of sp³-hybridized carbons (Fsp3) is 0. The van der Waals surface area contributed by atoms with Crippen LogP contribution in [0, 0.1) is 0 Å². The van der Waals surface area contributed by atoms with Crippen LogP contribution in [0.3, 0.4) is 0 Å². The van der Waals surface area contributed by atoms with E-state index in [4.69, 9.17) is 17.3 Å². The van der Waals surface area contributed by atoms with E-state index in [2.05, 4.69) is 25.0 Å². The van der Waals surface area contributed by atoms with Gasteiger partial charge in [-0.15, -0.1) is 0 Å². The fourth-order valence-electron chi connectivity index (χ4n) is 2.47. The summed E-state index contributed by atoms with van der Waals surface area (Å²) in [5.41, 5.74) is 7.15. The van der Waals surface area contributed by atoms with Crippen molar-refractivity contribution in [3.63, 3.8) is 0 Å². The number of nitrogens with one attached hydrogen (secondary N) is 2. The van der Waals surface area contributed by atoms with Crippen molar-refractivity contribution in [3.8, 4) is 5.88 Å². The number of aromatic amines is 2. The van der Waals surface area contributed by atoms with Crippen LogP contribution in [0.5, 0.6) is 5.88 Å². The maximum atomic E-state index is 11.3. The highest BCUT2D eigenvalue weighted by Gasteiger charge is 2.07. The second-order valence-electron chi connectivity index (χ2n) is 5.45. The minimum Gasteiger partial charge on any atom is -0.493 e. The Bertz CT molecular complexity index is 1300. The average Bonchev–Trinajstić information content (AvgIpc) is 3.11. The molecule has 5 N–H and O–H groups in total. The fourth-order valence-corrected chi connectivity index (χ4v) is 2.66. The zero-order valence-electron chi connectivity index (χ0n) is 13.1. The van der Waals surface area contributed by atoms with Gasteiger partial charge in [-0.3, -0.25) is 4.98 Å². The summed E-state index contributed by atoms with van der Waals surface area (Å²) in [7, 11) is 0. The Morgan fingerprint density at radius 3 is 2.88 bits per heavy atom. The van der Waals surface area contributed by atoms with Crippen LogP contribution in [0.25, 0.3) is 11.7 Å². The van der Waals surface area contributed by atoms with E-state index in [0.717, 1.165) is 0 Å². The number of aromatic nitrogens is 5. The van der Waals surface area contributed by atoms with Crippen LogP contribution in [0.2, 0.25) is 5.02 Å². The number of anilines is 1. The first-order chi connectivity index (χ1) is 12.5. The zero-order chi connectivity index (χ0) is 18.3. The summed E-state index contributed by atoms with van der Waals surface area (Å²) in [4.78, 5) is 24.8. The highest BCUT2D eigenvalue weighted by Crippen LogP contribution is 2.17. The number of rotatable bonds is 2. The zero-order valence-corrected chi connectivity index (χ0v) is 13.9. The van der Waals surface area contributed by atoms with Gasteiger partial charge < -0.3 is 15.8 Å². The number of imidazole rings is 1. The smallest absolute Gasteiger partial charge is 0.326 e. The molecule has 0 bridgehead atoms. The summed E-state index contributed by atoms with van der Waals surface area (Å²) >= 11 is 5.97. The van der Waals surface area contributed by atoms with Gasteiger partial charge in [-0.1, -0.05) is 17.7 Å². The van der Waals surface area contributed by atoms with Crippen LogP contribution in [0.1, 0.15) is 5.69 Å². The molecule has 0 saturated carbocycles. The SMILES string of the molecule is Nc1cc(=Nc2cccc(Cl)c2)nc2/c(=C/c3[nH]c(=O)[nH]c3O)cnn12. The number of fused-ring (bicyclic) bond motifs is 1. The van der Waals surface area contributed by atoms with E-state index in [0.29, 0.717) is 32.9 Å². The third-order valence-corrected chi connectivity index (χ3v) is 3.84. The summed E-state index contributed by atoms with van der Waals surface area (Å²) in [6.45, 7) is 0.